The minimum Gasteiger partial charge on any atom is -0.479 e. The molecule has 1 unspecified atom stereocenters. The summed E-state index contributed by atoms with van der Waals surface area (Å²) in [5, 5.41) is 10.2. The standard InChI is InChI=1S/C19H18ClNO4/c20-15-8-6-14(7-9-15)17(18(22)23)21(16-10-11-16)19(24)25-12-13-4-2-1-3-5-13/h1-9,16-17H,10-12H2,(H,22,23). The molecule has 2 aromatic rings. The molecule has 0 bridgehead atoms. The molecule has 6 heteroatoms. The summed E-state index contributed by atoms with van der Waals surface area (Å²) in [6.07, 6.45) is 0.934. The Balaban J connectivity index is 1.79. The third kappa shape index (κ3) is 4.31. The van der Waals surface area contributed by atoms with Crippen LogP contribution in [0, 0.1) is 0 Å². The topological polar surface area (TPSA) is 66.8 Å². The lowest BCUT2D eigenvalue weighted by molar-refractivity contribution is -0.143. The molecular weight excluding hydrogens is 342 g/mol. The number of rotatable bonds is 6. The number of aliphatic carboxylic acids is 1. The van der Waals surface area contributed by atoms with E-state index in [0.29, 0.717) is 10.6 Å². The quantitative estimate of drug-likeness (QED) is 0.836. The second kappa shape index (κ2) is 7.57. The molecule has 5 nitrogen and oxygen atoms in total. The van der Waals surface area contributed by atoms with E-state index in [4.69, 9.17) is 16.3 Å². The van der Waals surface area contributed by atoms with Crippen LogP contribution in [0.5, 0.6) is 0 Å². The molecule has 1 aliphatic rings. The third-order valence-corrected chi connectivity index (χ3v) is 4.31. The zero-order chi connectivity index (χ0) is 17.8. The molecule has 1 aliphatic carbocycles. The van der Waals surface area contributed by atoms with Crippen molar-refractivity contribution in [3.05, 3.63) is 70.7 Å². The van der Waals surface area contributed by atoms with Crippen molar-refractivity contribution in [2.75, 3.05) is 0 Å². The Morgan fingerprint density at radius 1 is 1.12 bits per heavy atom. The SMILES string of the molecule is O=C(O)C(c1ccc(Cl)cc1)N(C(=O)OCc1ccccc1)C1CC1. The normalized spacial score (nSPS) is 14.6. The molecule has 1 N–H and O–H groups in total. The van der Waals surface area contributed by atoms with Gasteiger partial charge in [0.25, 0.3) is 0 Å². The molecule has 2 aromatic carbocycles. The molecule has 0 aromatic heterocycles. The number of carbonyl (C=O) groups is 2. The molecule has 25 heavy (non-hydrogen) atoms. The van der Waals surface area contributed by atoms with Crippen LogP contribution in [0.25, 0.3) is 0 Å². The largest absolute Gasteiger partial charge is 0.479 e. The summed E-state index contributed by atoms with van der Waals surface area (Å²) < 4.78 is 5.37. The summed E-state index contributed by atoms with van der Waals surface area (Å²) >= 11 is 5.88. The van der Waals surface area contributed by atoms with Gasteiger partial charge in [-0.15, -0.1) is 0 Å². The van der Waals surface area contributed by atoms with Crippen LogP contribution in [0.15, 0.2) is 54.6 Å². The number of carbonyl (C=O) groups excluding carboxylic acids is 1. The molecule has 0 heterocycles. The Morgan fingerprint density at radius 2 is 1.76 bits per heavy atom. The van der Waals surface area contributed by atoms with Gasteiger partial charge in [-0.05, 0) is 36.1 Å². The smallest absolute Gasteiger partial charge is 0.411 e. The first-order valence-corrected chi connectivity index (χ1v) is 8.41. The molecule has 1 fully saturated rings. The number of carboxylic acid groups (broad SMARTS) is 1. The Morgan fingerprint density at radius 3 is 2.32 bits per heavy atom. The van der Waals surface area contributed by atoms with E-state index in [2.05, 4.69) is 0 Å². The number of carboxylic acids is 1. The lowest BCUT2D eigenvalue weighted by atomic mass is 10.1. The minimum absolute atomic E-state index is 0.107. The lowest BCUT2D eigenvalue weighted by Crippen LogP contribution is -2.40. The van der Waals surface area contributed by atoms with Crippen molar-refractivity contribution in [2.24, 2.45) is 0 Å². The van der Waals surface area contributed by atoms with Crippen LogP contribution in [0.3, 0.4) is 0 Å². The molecule has 3 rings (SSSR count). The lowest BCUT2D eigenvalue weighted by Gasteiger charge is -2.28. The number of hydrogen-bond donors (Lipinski definition) is 1. The summed E-state index contributed by atoms with van der Waals surface area (Å²) in [7, 11) is 0. The highest BCUT2D eigenvalue weighted by Crippen LogP contribution is 2.35. The number of nitrogens with zero attached hydrogens (tertiary/aromatic N) is 1. The van der Waals surface area contributed by atoms with Crippen LogP contribution in [0.4, 0.5) is 4.79 Å². The summed E-state index contributed by atoms with van der Waals surface area (Å²) in [6, 6.07) is 14.6. The number of halogens is 1. The fourth-order valence-corrected chi connectivity index (χ4v) is 2.81. The van der Waals surface area contributed by atoms with Crippen molar-refractivity contribution in [1.29, 1.82) is 0 Å². The Labute approximate surface area is 150 Å². The van der Waals surface area contributed by atoms with E-state index < -0.39 is 18.1 Å². The van der Waals surface area contributed by atoms with E-state index in [1.54, 1.807) is 24.3 Å². The van der Waals surface area contributed by atoms with Gasteiger partial charge in [0.05, 0.1) is 0 Å². The molecule has 0 radical (unpaired) electrons. The van der Waals surface area contributed by atoms with Gasteiger partial charge in [-0.1, -0.05) is 54.1 Å². The van der Waals surface area contributed by atoms with E-state index in [0.717, 1.165) is 18.4 Å². The van der Waals surface area contributed by atoms with Crippen LogP contribution >= 0.6 is 11.6 Å². The molecule has 0 saturated heterocycles. The van der Waals surface area contributed by atoms with Crippen molar-refractivity contribution in [3.8, 4) is 0 Å². The summed E-state index contributed by atoms with van der Waals surface area (Å²) in [5.74, 6) is -1.09. The average Bonchev–Trinajstić information content (AvgIpc) is 3.44. The molecule has 130 valence electrons. The molecule has 1 amide bonds. The Bertz CT molecular complexity index is 744. The molecule has 0 spiro atoms. The third-order valence-electron chi connectivity index (χ3n) is 4.05. The number of amides is 1. The van der Waals surface area contributed by atoms with Crippen molar-refractivity contribution < 1.29 is 19.4 Å². The first-order valence-electron chi connectivity index (χ1n) is 8.03. The Hall–Kier alpha value is -2.53. The van der Waals surface area contributed by atoms with Crippen molar-refractivity contribution in [3.63, 3.8) is 0 Å². The fraction of sp³-hybridized carbons (Fsp3) is 0.263. The summed E-state index contributed by atoms with van der Waals surface area (Å²) in [4.78, 5) is 25.8. The number of benzene rings is 2. The molecular formula is C19H18ClNO4. The van der Waals surface area contributed by atoms with Gasteiger partial charge >= 0.3 is 12.1 Å². The van der Waals surface area contributed by atoms with Gasteiger partial charge in [-0.3, -0.25) is 4.90 Å². The van der Waals surface area contributed by atoms with E-state index in [-0.39, 0.29) is 12.6 Å². The highest BCUT2D eigenvalue weighted by Gasteiger charge is 2.42. The first kappa shape index (κ1) is 17.3. The van der Waals surface area contributed by atoms with Crippen LogP contribution in [0.2, 0.25) is 5.02 Å². The van der Waals surface area contributed by atoms with Crippen LogP contribution in [-0.4, -0.2) is 28.1 Å². The molecule has 0 aliphatic heterocycles. The highest BCUT2D eigenvalue weighted by molar-refractivity contribution is 6.30. The maximum absolute atomic E-state index is 12.6. The Kier molecular flexibility index (Phi) is 5.24. The number of ether oxygens (including phenoxy) is 1. The maximum Gasteiger partial charge on any atom is 0.411 e. The van der Waals surface area contributed by atoms with Crippen molar-refractivity contribution >= 4 is 23.7 Å². The van der Waals surface area contributed by atoms with Gasteiger partial charge in [0.1, 0.15) is 6.61 Å². The minimum atomic E-state index is -1.09. The van der Waals surface area contributed by atoms with Crippen LogP contribution < -0.4 is 0 Å². The first-order chi connectivity index (χ1) is 12.1. The summed E-state index contributed by atoms with van der Waals surface area (Å²) in [5.41, 5.74) is 1.35. The van der Waals surface area contributed by atoms with Crippen LogP contribution in [0.1, 0.15) is 30.0 Å². The van der Waals surface area contributed by atoms with Gasteiger partial charge < -0.3 is 9.84 Å². The van der Waals surface area contributed by atoms with Crippen LogP contribution in [-0.2, 0) is 16.1 Å². The van der Waals surface area contributed by atoms with E-state index in [1.165, 1.54) is 4.90 Å². The fourth-order valence-electron chi connectivity index (χ4n) is 2.68. The molecule has 1 saturated carbocycles. The second-order valence-electron chi connectivity index (χ2n) is 5.97. The highest BCUT2D eigenvalue weighted by atomic mass is 35.5. The van der Waals surface area contributed by atoms with Gasteiger partial charge in [-0.25, -0.2) is 9.59 Å². The zero-order valence-corrected chi connectivity index (χ0v) is 14.2. The maximum atomic E-state index is 12.6. The van der Waals surface area contributed by atoms with Gasteiger partial charge in [0.2, 0.25) is 0 Å². The van der Waals surface area contributed by atoms with E-state index in [9.17, 15) is 14.7 Å². The van der Waals surface area contributed by atoms with E-state index in [1.807, 2.05) is 30.3 Å². The van der Waals surface area contributed by atoms with Gasteiger partial charge in [0.15, 0.2) is 6.04 Å². The monoisotopic (exact) mass is 359 g/mol. The van der Waals surface area contributed by atoms with Gasteiger partial charge in [-0.2, -0.15) is 0 Å². The van der Waals surface area contributed by atoms with Gasteiger partial charge in [0, 0.05) is 11.1 Å². The zero-order valence-electron chi connectivity index (χ0n) is 13.5. The second-order valence-corrected chi connectivity index (χ2v) is 6.41. The molecule has 1 atom stereocenters. The average molecular weight is 360 g/mol. The predicted octanol–water partition coefficient (Wildman–Crippen LogP) is 4.27. The number of hydrogen-bond acceptors (Lipinski definition) is 3. The predicted molar refractivity (Wildman–Crippen MR) is 93.3 cm³/mol. The van der Waals surface area contributed by atoms with E-state index >= 15 is 0 Å². The van der Waals surface area contributed by atoms with Crippen molar-refractivity contribution in [1.82, 2.24) is 4.90 Å². The summed E-state index contributed by atoms with van der Waals surface area (Å²) in [6.45, 7) is 0.107. The van der Waals surface area contributed by atoms with Crippen molar-refractivity contribution in [2.45, 2.75) is 31.5 Å².